The number of carbonyl (C=O) groups excluding carboxylic acids is 2. The zero-order valence-corrected chi connectivity index (χ0v) is 13.8. The number of hydrogen-bond donors (Lipinski definition) is 1. The van der Waals surface area contributed by atoms with Crippen molar-refractivity contribution in [3.63, 3.8) is 0 Å². The van der Waals surface area contributed by atoms with Gasteiger partial charge < -0.3 is 5.32 Å². The summed E-state index contributed by atoms with van der Waals surface area (Å²) in [6.07, 6.45) is 0.670. The molecule has 3 rings (SSSR count). The highest BCUT2D eigenvalue weighted by Crippen LogP contribution is 2.35. The summed E-state index contributed by atoms with van der Waals surface area (Å²) >= 11 is 1.63. The number of carbonyl (C=O) groups is 2. The molecule has 1 N–H and O–H groups in total. The average molecular weight is 327 g/mol. The average Bonchev–Trinajstić information content (AvgIpc) is 3.16. The summed E-state index contributed by atoms with van der Waals surface area (Å²) < 4.78 is 0. The van der Waals surface area contributed by atoms with E-state index in [9.17, 15) is 9.59 Å². The lowest BCUT2D eigenvalue weighted by atomic mass is 10.0. The quantitative estimate of drug-likeness (QED) is 0.939. The summed E-state index contributed by atoms with van der Waals surface area (Å²) in [4.78, 5) is 24.2. The number of hydrogen-bond acceptors (Lipinski definition) is 4. The van der Waals surface area contributed by atoms with E-state index in [1.54, 1.807) is 16.3 Å². The second-order valence-electron chi connectivity index (χ2n) is 5.41. The van der Waals surface area contributed by atoms with Crippen LogP contribution in [0, 0.1) is 0 Å². The standard InChI is InChI=1S/C17H17N3O2S/c1-11(21)18-14-6-3-5-13(9-14)15-10-16(17-7-4-8-23-17)20(19-15)12(2)22/h3-9,16H,10H2,1-2H3,(H,18,21)/t16-/m1/s1. The molecule has 1 aromatic carbocycles. The van der Waals surface area contributed by atoms with E-state index in [-0.39, 0.29) is 17.9 Å². The van der Waals surface area contributed by atoms with Gasteiger partial charge in [-0.2, -0.15) is 5.10 Å². The van der Waals surface area contributed by atoms with E-state index in [1.165, 1.54) is 13.8 Å². The third kappa shape index (κ3) is 3.32. The summed E-state index contributed by atoms with van der Waals surface area (Å²) in [6, 6.07) is 11.5. The number of anilines is 1. The van der Waals surface area contributed by atoms with Crippen molar-refractivity contribution in [1.29, 1.82) is 0 Å². The second-order valence-corrected chi connectivity index (χ2v) is 6.39. The van der Waals surface area contributed by atoms with Crippen LogP contribution in [-0.2, 0) is 9.59 Å². The van der Waals surface area contributed by atoms with Crippen LogP contribution in [0.2, 0.25) is 0 Å². The van der Waals surface area contributed by atoms with Crippen molar-refractivity contribution < 1.29 is 9.59 Å². The van der Waals surface area contributed by atoms with E-state index in [2.05, 4.69) is 10.4 Å². The fourth-order valence-electron chi connectivity index (χ4n) is 2.66. The molecule has 0 saturated carbocycles. The van der Waals surface area contributed by atoms with Crippen LogP contribution in [0.5, 0.6) is 0 Å². The maximum atomic E-state index is 11.9. The molecule has 0 aliphatic carbocycles. The molecule has 0 unspecified atom stereocenters. The van der Waals surface area contributed by atoms with Crippen LogP contribution >= 0.6 is 11.3 Å². The molecule has 5 nitrogen and oxygen atoms in total. The van der Waals surface area contributed by atoms with Gasteiger partial charge in [0.15, 0.2) is 0 Å². The first-order valence-electron chi connectivity index (χ1n) is 7.33. The predicted molar refractivity (Wildman–Crippen MR) is 91.5 cm³/mol. The molecule has 6 heteroatoms. The van der Waals surface area contributed by atoms with Gasteiger partial charge in [0.25, 0.3) is 0 Å². The van der Waals surface area contributed by atoms with Crippen LogP contribution in [0.25, 0.3) is 0 Å². The van der Waals surface area contributed by atoms with E-state index < -0.39 is 0 Å². The zero-order valence-electron chi connectivity index (χ0n) is 12.9. The number of hydrazone groups is 1. The molecule has 23 heavy (non-hydrogen) atoms. The molecule has 0 radical (unpaired) electrons. The Labute approximate surface area is 138 Å². The summed E-state index contributed by atoms with van der Waals surface area (Å²) in [6.45, 7) is 3.00. The SMILES string of the molecule is CC(=O)Nc1cccc(C2=NN(C(C)=O)[C@@H](c3cccs3)C2)c1. The molecule has 0 fully saturated rings. The molecule has 0 spiro atoms. The summed E-state index contributed by atoms with van der Waals surface area (Å²) in [7, 11) is 0. The van der Waals surface area contributed by atoms with Crippen molar-refractivity contribution in [2.75, 3.05) is 5.32 Å². The molecular weight excluding hydrogens is 310 g/mol. The number of nitrogens with one attached hydrogen (secondary N) is 1. The van der Waals surface area contributed by atoms with Crippen molar-refractivity contribution in [3.05, 3.63) is 52.2 Å². The summed E-state index contributed by atoms with van der Waals surface area (Å²) in [5, 5.41) is 10.8. The predicted octanol–water partition coefficient (Wildman–Crippen LogP) is 3.40. The molecular formula is C17H17N3O2S. The molecule has 1 aromatic heterocycles. The minimum Gasteiger partial charge on any atom is -0.326 e. The normalized spacial score (nSPS) is 17.0. The van der Waals surface area contributed by atoms with Crippen molar-refractivity contribution in [1.82, 2.24) is 5.01 Å². The highest BCUT2D eigenvalue weighted by atomic mass is 32.1. The molecule has 1 aliphatic rings. The van der Waals surface area contributed by atoms with Crippen LogP contribution in [0.3, 0.4) is 0 Å². The topological polar surface area (TPSA) is 61.8 Å². The maximum Gasteiger partial charge on any atom is 0.240 e. The van der Waals surface area contributed by atoms with Gasteiger partial charge in [-0.15, -0.1) is 11.3 Å². The molecule has 2 heterocycles. The first-order chi connectivity index (χ1) is 11.0. The molecule has 118 valence electrons. The molecule has 0 saturated heterocycles. The highest BCUT2D eigenvalue weighted by molar-refractivity contribution is 7.10. The number of thiophene rings is 1. The van der Waals surface area contributed by atoms with Crippen molar-refractivity contribution in [2.24, 2.45) is 5.10 Å². The van der Waals surface area contributed by atoms with Gasteiger partial charge in [-0.3, -0.25) is 9.59 Å². The largest absolute Gasteiger partial charge is 0.326 e. The van der Waals surface area contributed by atoms with Gasteiger partial charge in [-0.1, -0.05) is 18.2 Å². The smallest absolute Gasteiger partial charge is 0.240 e. The van der Waals surface area contributed by atoms with Crippen molar-refractivity contribution in [3.8, 4) is 0 Å². The van der Waals surface area contributed by atoms with Crippen molar-refractivity contribution in [2.45, 2.75) is 26.3 Å². The number of benzene rings is 1. The Balaban J connectivity index is 1.90. The maximum absolute atomic E-state index is 11.9. The third-order valence-corrected chi connectivity index (χ3v) is 4.59. The van der Waals surface area contributed by atoms with Crippen LogP contribution in [-0.4, -0.2) is 22.5 Å². The molecule has 1 aliphatic heterocycles. The Hall–Kier alpha value is -2.47. The third-order valence-electron chi connectivity index (χ3n) is 3.62. The Bertz CT molecular complexity index is 768. The van der Waals surface area contributed by atoms with E-state index in [1.807, 2.05) is 41.8 Å². The van der Waals surface area contributed by atoms with E-state index in [0.29, 0.717) is 6.42 Å². The fourth-order valence-corrected chi connectivity index (χ4v) is 3.47. The lowest BCUT2D eigenvalue weighted by Gasteiger charge is -2.18. The van der Waals surface area contributed by atoms with Gasteiger partial charge in [0.1, 0.15) is 0 Å². The van der Waals surface area contributed by atoms with Crippen LogP contribution in [0.1, 0.15) is 36.8 Å². The van der Waals surface area contributed by atoms with Gasteiger partial charge in [0.05, 0.1) is 11.8 Å². The fraction of sp³-hybridized carbons (Fsp3) is 0.235. The van der Waals surface area contributed by atoms with Gasteiger partial charge in [-0.05, 0) is 29.1 Å². The number of nitrogens with zero attached hydrogens (tertiary/aromatic N) is 2. The van der Waals surface area contributed by atoms with E-state index in [4.69, 9.17) is 0 Å². The molecule has 2 aromatic rings. The first kappa shape index (κ1) is 15.4. The Morgan fingerprint density at radius 1 is 1.26 bits per heavy atom. The lowest BCUT2D eigenvalue weighted by Crippen LogP contribution is -2.23. The first-order valence-corrected chi connectivity index (χ1v) is 8.21. The number of rotatable bonds is 3. The minimum atomic E-state index is -0.114. The number of amides is 2. The van der Waals surface area contributed by atoms with E-state index >= 15 is 0 Å². The van der Waals surface area contributed by atoms with Gasteiger partial charge in [0.2, 0.25) is 11.8 Å². The monoisotopic (exact) mass is 327 g/mol. The minimum absolute atomic E-state index is 0.0491. The lowest BCUT2D eigenvalue weighted by molar-refractivity contribution is -0.130. The van der Waals surface area contributed by atoms with E-state index in [0.717, 1.165) is 21.8 Å². The molecule has 0 bridgehead atoms. The zero-order chi connectivity index (χ0) is 16.4. The van der Waals surface area contributed by atoms with Gasteiger partial charge >= 0.3 is 0 Å². The van der Waals surface area contributed by atoms with Crippen LogP contribution < -0.4 is 5.32 Å². The summed E-state index contributed by atoms with van der Waals surface area (Å²) in [5.41, 5.74) is 2.50. The summed E-state index contributed by atoms with van der Waals surface area (Å²) in [5.74, 6) is -0.186. The van der Waals surface area contributed by atoms with Crippen LogP contribution in [0.4, 0.5) is 5.69 Å². The Morgan fingerprint density at radius 3 is 2.74 bits per heavy atom. The van der Waals surface area contributed by atoms with Crippen molar-refractivity contribution >= 4 is 34.6 Å². The highest BCUT2D eigenvalue weighted by Gasteiger charge is 2.31. The Kier molecular flexibility index (Phi) is 4.25. The Morgan fingerprint density at radius 2 is 2.09 bits per heavy atom. The van der Waals surface area contributed by atoms with Gasteiger partial charge in [-0.25, -0.2) is 5.01 Å². The molecule has 2 amide bonds. The second kappa shape index (κ2) is 6.34. The molecule has 1 atom stereocenters. The van der Waals surface area contributed by atoms with Crippen LogP contribution in [0.15, 0.2) is 46.9 Å². The van der Waals surface area contributed by atoms with Gasteiger partial charge in [0, 0.05) is 30.8 Å².